The Morgan fingerprint density at radius 1 is 1.28 bits per heavy atom. The summed E-state index contributed by atoms with van der Waals surface area (Å²) in [6, 6.07) is 7.26. The predicted molar refractivity (Wildman–Crippen MR) is 79.5 cm³/mol. The summed E-state index contributed by atoms with van der Waals surface area (Å²) in [7, 11) is 0. The third kappa shape index (κ3) is 2.51. The highest BCUT2D eigenvalue weighted by Gasteiger charge is 2.14. The van der Waals surface area contributed by atoms with Crippen LogP contribution in [-0.2, 0) is 6.42 Å². The van der Waals surface area contributed by atoms with Crippen LogP contribution in [0.25, 0.3) is 10.2 Å². The number of fused-ring (bicyclic) bond motifs is 1. The van der Waals surface area contributed by atoms with E-state index in [0.717, 1.165) is 17.1 Å². The number of hydrogen-bond acceptors (Lipinski definition) is 3. The summed E-state index contributed by atoms with van der Waals surface area (Å²) in [4.78, 5) is 4.69. The summed E-state index contributed by atoms with van der Waals surface area (Å²) < 4.78 is 1.31. The molecular weight excluding hydrogens is 240 g/mol. The molecule has 1 saturated carbocycles. The number of nitrogens with zero attached hydrogens (tertiary/aromatic N) is 1. The first-order valence-corrected chi connectivity index (χ1v) is 7.83. The molecule has 3 heteroatoms. The Labute approximate surface area is 112 Å². The molecule has 96 valence electrons. The Morgan fingerprint density at radius 2 is 2.11 bits per heavy atom. The number of benzene rings is 1. The first-order valence-electron chi connectivity index (χ1n) is 7.01. The zero-order valence-corrected chi connectivity index (χ0v) is 11.7. The lowest BCUT2D eigenvalue weighted by atomic mass is 9.96. The van der Waals surface area contributed by atoms with Crippen LogP contribution >= 0.6 is 11.3 Å². The maximum atomic E-state index is 4.69. The van der Waals surface area contributed by atoms with Gasteiger partial charge >= 0.3 is 0 Å². The average Bonchev–Trinajstić information content (AvgIpc) is 2.80. The summed E-state index contributed by atoms with van der Waals surface area (Å²) in [5.41, 5.74) is 2.53. The van der Waals surface area contributed by atoms with Gasteiger partial charge in [0, 0.05) is 6.04 Å². The second kappa shape index (κ2) is 5.27. The highest BCUT2D eigenvalue weighted by molar-refractivity contribution is 7.22. The molecular formula is C15H20N2S. The number of anilines is 1. The highest BCUT2D eigenvalue weighted by atomic mass is 32.1. The topological polar surface area (TPSA) is 24.9 Å². The Morgan fingerprint density at radius 3 is 2.89 bits per heavy atom. The van der Waals surface area contributed by atoms with Gasteiger partial charge in [-0.1, -0.05) is 43.6 Å². The van der Waals surface area contributed by atoms with Crippen molar-refractivity contribution in [2.24, 2.45) is 0 Å². The molecule has 1 aromatic heterocycles. The lowest BCUT2D eigenvalue weighted by Crippen LogP contribution is -2.21. The van der Waals surface area contributed by atoms with Crippen LogP contribution in [0.1, 0.15) is 44.6 Å². The van der Waals surface area contributed by atoms with Crippen molar-refractivity contribution in [3.8, 4) is 0 Å². The first kappa shape index (κ1) is 12.0. The summed E-state index contributed by atoms with van der Waals surface area (Å²) >= 11 is 1.80. The van der Waals surface area contributed by atoms with E-state index in [1.54, 1.807) is 11.3 Å². The molecule has 1 aliphatic rings. The Bertz CT molecular complexity index is 526. The van der Waals surface area contributed by atoms with Crippen LogP contribution in [0.5, 0.6) is 0 Å². The van der Waals surface area contributed by atoms with Crippen molar-refractivity contribution in [2.75, 3.05) is 5.32 Å². The molecule has 1 fully saturated rings. The molecule has 0 radical (unpaired) electrons. The smallest absolute Gasteiger partial charge is 0.184 e. The van der Waals surface area contributed by atoms with E-state index >= 15 is 0 Å². The van der Waals surface area contributed by atoms with Crippen molar-refractivity contribution >= 4 is 26.7 Å². The van der Waals surface area contributed by atoms with Gasteiger partial charge in [-0.15, -0.1) is 0 Å². The number of thiazole rings is 1. The van der Waals surface area contributed by atoms with Crippen molar-refractivity contribution in [3.05, 3.63) is 23.8 Å². The lowest BCUT2D eigenvalue weighted by Gasteiger charge is -2.22. The van der Waals surface area contributed by atoms with Crippen LogP contribution in [0.3, 0.4) is 0 Å². The predicted octanol–water partition coefficient (Wildman–Crippen LogP) is 4.60. The minimum absolute atomic E-state index is 0.643. The van der Waals surface area contributed by atoms with E-state index in [4.69, 9.17) is 0 Å². The number of nitrogens with one attached hydrogen (secondary N) is 1. The van der Waals surface area contributed by atoms with Gasteiger partial charge in [-0.3, -0.25) is 0 Å². The van der Waals surface area contributed by atoms with Crippen LogP contribution in [0.2, 0.25) is 0 Å². The molecule has 1 aliphatic carbocycles. The Hall–Kier alpha value is -1.09. The van der Waals surface area contributed by atoms with Crippen LogP contribution in [0.4, 0.5) is 5.13 Å². The molecule has 2 aromatic rings. The SMILES string of the molecule is CCc1ccc2nc(NC3CCCCC3)sc2c1. The lowest BCUT2D eigenvalue weighted by molar-refractivity contribution is 0.462. The quantitative estimate of drug-likeness (QED) is 0.872. The second-order valence-electron chi connectivity index (χ2n) is 5.15. The largest absolute Gasteiger partial charge is 0.359 e. The molecule has 2 nitrogen and oxygen atoms in total. The zero-order valence-electron chi connectivity index (χ0n) is 10.9. The fourth-order valence-corrected chi connectivity index (χ4v) is 3.68. The van der Waals surface area contributed by atoms with Gasteiger partial charge in [0.2, 0.25) is 0 Å². The van der Waals surface area contributed by atoms with Gasteiger partial charge in [-0.2, -0.15) is 0 Å². The zero-order chi connectivity index (χ0) is 12.4. The van der Waals surface area contributed by atoms with Crippen molar-refractivity contribution in [1.29, 1.82) is 0 Å². The molecule has 1 N–H and O–H groups in total. The highest BCUT2D eigenvalue weighted by Crippen LogP contribution is 2.29. The van der Waals surface area contributed by atoms with Crippen LogP contribution in [-0.4, -0.2) is 11.0 Å². The Balaban J connectivity index is 1.79. The maximum Gasteiger partial charge on any atom is 0.184 e. The summed E-state index contributed by atoms with van der Waals surface area (Å²) in [6.45, 7) is 2.20. The molecule has 1 heterocycles. The molecule has 0 bridgehead atoms. The minimum atomic E-state index is 0.643. The molecule has 3 rings (SSSR count). The number of aryl methyl sites for hydroxylation is 1. The molecule has 0 aliphatic heterocycles. The van der Waals surface area contributed by atoms with Gasteiger partial charge in [0.15, 0.2) is 5.13 Å². The molecule has 0 atom stereocenters. The number of rotatable bonds is 3. The molecule has 1 aromatic carbocycles. The number of aromatic nitrogens is 1. The van der Waals surface area contributed by atoms with Crippen molar-refractivity contribution < 1.29 is 0 Å². The Kier molecular flexibility index (Phi) is 3.50. The summed E-state index contributed by atoms with van der Waals surface area (Å²) in [6.07, 6.45) is 7.83. The minimum Gasteiger partial charge on any atom is -0.359 e. The van der Waals surface area contributed by atoms with Crippen molar-refractivity contribution in [3.63, 3.8) is 0 Å². The van der Waals surface area contributed by atoms with Gasteiger partial charge < -0.3 is 5.32 Å². The third-order valence-corrected chi connectivity index (χ3v) is 4.74. The van der Waals surface area contributed by atoms with Gasteiger partial charge in [-0.05, 0) is 37.0 Å². The van der Waals surface area contributed by atoms with Crippen LogP contribution < -0.4 is 5.32 Å². The van der Waals surface area contributed by atoms with Gasteiger partial charge in [0.05, 0.1) is 10.2 Å². The van der Waals surface area contributed by atoms with E-state index in [0.29, 0.717) is 6.04 Å². The molecule has 0 saturated heterocycles. The average molecular weight is 260 g/mol. The maximum absolute atomic E-state index is 4.69. The summed E-state index contributed by atoms with van der Waals surface area (Å²) in [5, 5.41) is 4.72. The number of hydrogen-bond donors (Lipinski definition) is 1. The molecule has 0 amide bonds. The van der Waals surface area contributed by atoms with E-state index in [9.17, 15) is 0 Å². The van der Waals surface area contributed by atoms with Crippen LogP contribution in [0, 0.1) is 0 Å². The van der Waals surface area contributed by atoms with E-state index < -0.39 is 0 Å². The van der Waals surface area contributed by atoms with Gasteiger partial charge in [-0.25, -0.2) is 4.98 Å². The van der Waals surface area contributed by atoms with Crippen molar-refractivity contribution in [1.82, 2.24) is 4.98 Å². The standard InChI is InChI=1S/C15H20N2S/c1-2-11-8-9-13-14(10-11)18-15(17-13)16-12-6-4-3-5-7-12/h8-10,12H,2-7H2,1H3,(H,16,17). The first-order chi connectivity index (χ1) is 8.85. The third-order valence-electron chi connectivity index (χ3n) is 3.79. The van der Waals surface area contributed by atoms with E-state index in [1.807, 2.05) is 0 Å². The van der Waals surface area contributed by atoms with Gasteiger partial charge in [0.1, 0.15) is 0 Å². The summed E-state index contributed by atoms with van der Waals surface area (Å²) in [5.74, 6) is 0. The van der Waals surface area contributed by atoms with E-state index in [1.165, 1.54) is 42.4 Å². The second-order valence-corrected chi connectivity index (χ2v) is 6.18. The fourth-order valence-electron chi connectivity index (χ4n) is 2.67. The van der Waals surface area contributed by atoms with E-state index in [-0.39, 0.29) is 0 Å². The molecule has 0 spiro atoms. The van der Waals surface area contributed by atoms with Crippen LogP contribution in [0.15, 0.2) is 18.2 Å². The monoisotopic (exact) mass is 260 g/mol. The fraction of sp³-hybridized carbons (Fsp3) is 0.533. The van der Waals surface area contributed by atoms with Crippen molar-refractivity contribution in [2.45, 2.75) is 51.5 Å². The van der Waals surface area contributed by atoms with Gasteiger partial charge in [0.25, 0.3) is 0 Å². The normalized spacial score (nSPS) is 17.2. The van der Waals surface area contributed by atoms with E-state index in [2.05, 4.69) is 35.4 Å². The molecule has 18 heavy (non-hydrogen) atoms. The molecule has 0 unspecified atom stereocenters.